The molecule has 2 aliphatic carbocycles. The van der Waals surface area contributed by atoms with E-state index < -0.39 is 179 Å². The van der Waals surface area contributed by atoms with E-state index >= 15 is 14.4 Å². The molecule has 0 aromatic rings. The van der Waals surface area contributed by atoms with Gasteiger partial charge in [0.15, 0.2) is 0 Å². The lowest BCUT2D eigenvalue weighted by Gasteiger charge is -2.43. The number of alkyl halides is 4. The second-order valence-electron chi connectivity index (χ2n) is 29.7. The predicted molar refractivity (Wildman–Crippen MR) is 360 cm³/mol. The van der Waals surface area contributed by atoms with Gasteiger partial charge in [-0.15, -0.1) is 11.6 Å². The highest BCUT2D eigenvalue weighted by atomic mass is 35.5. The zero-order valence-corrected chi connectivity index (χ0v) is 61.4. The fourth-order valence-electron chi connectivity index (χ4n) is 14.4. The van der Waals surface area contributed by atoms with Gasteiger partial charge in [-0.05, 0) is 113 Å². The number of amides is 12. The maximum Gasteiger partial charge on any atom is 0.393 e. The fourth-order valence-corrected chi connectivity index (χ4v) is 14.9. The van der Waals surface area contributed by atoms with Crippen LogP contribution in [0.1, 0.15) is 178 Å². The van der Waals surface area contributed by atoms with Gasteiger partial charge in [0.25, 0.3) is 0 Å². The smallest absolute Gasteiger partial charge is 0.347 e. The standard InChI is InChI=1S/C69H114ClF3N12O12/c1-18-41(8)57-67(96)80(14)43(10)62(91)85-32-30-51(85)59(88)75-49(35-45-24-22-40(7)23-25-45)63(92)79(13)37-54(86)74-48(29-27-44-26-28-46(47(70)34-44)69(71,72)73)64(93)84-31-20-21-50(84)60(89)76-56(39(5)6)66(95)83(17)58(42(9)19-2)68(97)82(16)53(65(94)78(11)12)36-55(87)81(15)52(33-38(3)4)61(90)77-57/h38-53,56-58H,18-37H2,1-17H3,(H,74,86)(H,75,88)(H,76,89)(H,77,90)/t40?,41-,42-,43-,44?,45?,46?,47?,48-,49-,50-,51-,52-,53-,56-,57-,58-/m0/s1. The summed E-state index contributed by atoms with van der Waals surface area (Å²) >= 11 is 6.37. The number of hydrogen-bond donors (Lipinski definition) is 4. The molecule has 15 atom stereocenters. The van der Waals surface area contributed by atoms with Gasteiger partial charge in [0, 0.05) is 67.8 Å². The van der Waals surface area contributed by atoms with Crippen molar-refractivity contribution in [1.82, 2.24) is 60.5 Å². The van der Waals surface area contributed by atoms with E-state index in [1.54, 1.807) is 27.7 Å². The number of likely N-dealkylation sites (N-methyl/N-ethyl adjacent to an activating group) is 6. The van der Waals surface area contributed by atoms with Gasteiger partial charge >= 0.3 is 6.18 Å². The average Bonchev–Trinajstić information content (AvgIpc) is 0.978. The summed E-state index contributed by atoms with van der Waals surface area (Å²) in [5.41, 5.74) is 0. The topological polar surface area (TPSA) is 279 Å². The summed E-state index contributed by atoms with van der Waals surface area (Å²) in [6.07, 6.45) is -0.0212. The Morgan fingerprint density at radius 2 is 1.16 bits per heavy atom. The zero-order valence-electron chi connectivity index (χ0n) is 60.6. The quantitative estimate of drug-likeness (QED) is 0.174. The largest absolute Gasteiger partial charge is 0.393 e. The van der Waals surface area contributed by atoms with Crippen LogP contribution in [0.3, 0.4) is 0 Å². The molecular formula is C69H114ClF3N12O12. The summed E-state index contributed by atoms with van der Waals surface area (Å²) in [5, 5.41) is 10.3. The fraction of sp³-hybridized carbons (Fsp3) is 0.826. The zero-order chi connectivity index (χ0) is 73.0. The highest BCUT2D eigenvalue weighted by Crippen LogP contribution is 2.44. The van der Waals surface area contributed by atoms with Crippen molar-refractivity contribution in [3.63, 3.8) is 0 Å². The first-order chi connectivity index (χ1) is 45.3. The Bertz CT molecular complexity index is 2810. The Hall–Kier alpha value is -6.28. The number of carbonyl (C=O) groups is 12. The van der Waals surface area contributed by atoms with Crippen molar-refractivity contribution in [3.05, 3.63) is 0 Å². The number of rotatable bonds is 13. The van der Waals surface area contributed by atoms with Crippen molar-refractivity contribution in [2.45, 2.75) is 250 Å². The number of nitrogens with zero attached hydrogens (tertiary/aromatic N) is 8. The van der Waals surface area contributed by atoms with E-state index in [9.17, 15) is 56.3 Å². The molecule has 24 nitrogen and oxygen atoms in total. The molecule has 0 aromatic carbocycles. The summed E-state index contributed by atoms with van der Waals surface area (Å²) in [6.45, 7) is 17.5. The Balaban J connectivity index is 1.60. The van der Waals surface area contributed by atoms with Gasteiger partial charge in [-0.1, -0.05) is 101 Å². The Morgan fingerprint density at radius 1 is 0.598 bits per heavy atom. The Morgan fingerprint density at radius 3 is 1.71 bits per heavy atom. The first kappa shape index (κ1) is 81.4. The second-order valence-corrected chi connectivity index (χ2v) is 30.3. The van der Waals surface area contributed by atoms with Crippen LogP contribution in [-0.4, -0.2) is 251 Å². The third-order valence-electron chi connectivity index (χ3n) is 21.6. The van der Waals surface area contributed by atoms with Crippen molar-refractivity contribution in [3.8, 4) is 0 Å². The molecule has 3 heterocycles. The van der Waals surface area contributed by atoms with Crippen LogP contribution in [0.5, 0.6) is 0 Å². The molecule has 0 radical (unpaired) electrons. The summed E-state index contributed by atoms with van der Waals surface area (Å²) in [6, 6.07) is -12.3. The molecule has 28 heteroatoms. The van der Waals surface area contributed by atoms with E-state index in [4.69, 9.17) is 11.6 Å². The van der Waals surface area contributed by atoms with E-state index in [2.05, 4.69) is 28.2 Å². The van der Waals surface area contributed by atoms with E-state index in [1.165, 1.54) is 85.7 Å². The lowest BCUT2D eigenvalue weighted by molar-refractivity contribution is -0.182. The lowest BCUT2D eigenvalue weighted by Crippen LogP contribution is -2.65. The first-order valence-corrected chi connectivity index (χ1v) is 35.7. The molecule has 5 fully saturated rings. The van der Waals surface area contributed by atoms with Gasteiger partial charge in [-0.2, -0.15) is 13.2 Å². The van der Waals surface area contributed by atoms with Crippen LogP contribution in [-0.2, 0) is 57.5 Å². The van der Waals surface area contributed by atoms with Crippen LogP contribution in [0.2, 0.25) is 0 Å². The number of carbonyl (C=O) groups excluding carboxylic acids is 12. The summed E-state index contributed by atoms with van der Waals surface area (Å²) in [5.74, 6) is -11.5. The molecule has 0 bridgehead atoms. The lowest BCUT2D eigenvalue weighted by atomic mass is 9.78. The van der Waals surface area contributed by atoms with Crippen molar-refractivity contribution in [1.29, 1.82) is 0 Å². The SMILES string of the molecule is CC[C@H](C)[C@@H]1NC(=O)[C@H](CC(C)C)N(C)C(=O)C[C@@H](C(=O)N(C)C)N(C)C(=O)[C@H]([C@@H](C)CC)N(C)C(=O)[C@H](C(C)C)NC(=O)[C@@H]2CCCN2C(=O)[C@H](CCC2CCC(C(F)(F)F)C(Cl)C2)NC(=O)CN(C)C(=O)[C@H](CC2CCC(C)CC2)NC(=O)[C@@H]2CCN2C(=O)[C@H](C)N(C)C1=O. The molecule has 0 aromatic heterocycles. The molecule has 2 saturated carbocycles. The van der Waals surface area contributed by atoms with Crippen molar-refractivity contribution in [2.24, 2.45) is 47.3 Å². The average molecular weight is 1400 g/mol. The highest BCUT2D eigenvalue weighted by Gasteiger charge is 2.49. The second kappa shape index (κ2) is 35.7. The van der Waals surface area contributed by atoms with Gasteiger partial charge in [-0.25, -0.2) is 0 Å². The number of nitrogens with one attached hydrogen (secondary N) is 4. The minimum Gasteiger partial charge on any atom is -0.347 e. The van der Waals surface area contributed by atoms with Crippen LogP contribution in [0.25, 0.3) is 0 Å². The molecule has 3 unspecified atom stereocenters. The third kappa shape index (κ3) is 20.7. The van der Waals surface area contributed by atoms with E-state index in [-0.39, 0.29) is 88.6 Å². The van der Waals surface area contributed by atoms with E-state index in [1.807, 2.05) is 27.7 Å². The van der Waals surface area contributed by atoms with E-state index in [0.29, 0.717) is 25.2 Å². The molecule has 97 heavy (non-hydrogen) atoms. The van der Waals surface area contributed by atoms with Gasteiger partial charge < -0.3 is 60.5 Å². The van der Waals surface area contributed by atoms with Gasteiger partial charge in [0.1, 0.15) is 60.4 Å². The van der Waals surface area contributed by atoms with Crippen LogP contribution in [0.15, 0.2) is 0 Å². The molecule has 12 amide bonds. The van der Waals surface area contributed by atoms with Crippen molar-refractivity contribution >= 4 is 82.5 Å². The van der Waals surface area contributed by atoms with Gasteiger partial charge in [0.2, 0.25) is 70.9 Å². The molecule has 3 aliphatic heterocycles. The molecule has 4 N–H and O–H groups in total. The third-order valence-corrected chi connectivity index (χ3v) is 22.1. The molecule has 0 spiro atoms. The normalized spacial score (nSPS) is 31.7. The van der Waals surface area contributed by atoms with Crippen molar-refractivity contribution in [2.75, 3.05) is 69.0 Å². The summed E-state index contributed by atoms with van der Waals surface area (Å²) < 4.78 is 41.9. The predicted octanol–water partition coefficient (Wildman–Crippen LogP) is 5.17. The number of fused-ring (bicyclic) bond motifs is 2. The number of hydrogen-bond acceptors (Lipinski definition) is 12. The van der Waals surface area contributed by atoms with Crippen LogP contribution in [0, 0.1) is 47.3 Å². The molecule has 5 aliphatic rings. The Kier molecular flexibility index (Phi) is 29.9. The molecule has 5 rings (SSSR count). The maximum atomic E-state index is 15.2. The van der Waals surface area contributed by atoms with Gasteiger partial charge in [0.05, 0.1) is 18.9 Å². The Labute approximate surface area is 578 Å². The van der Waals surface area contributed by atoms with Crippen LogP contribution >= 0.6 is 11.6 Å². The maximum absolute atomic E-state index is 15.2. The van der Waals surface area contributed by atoms with Crippen LogP contribution in [0.4, 0.5) is 13.2 Å². The number of halogens is 4. The first-order valence-electron chi connectivity index (χ1n) is 35.3. The summed E-state index contributed by atoms with van der Waals surface area (Å²) in [4.78, 5) is 187. The van der Waals surface area contributed by atoms with Crippen molar-refractivity contribution < 1.29 is 70.7 Å². The summed E-state index contributed by atoms with van der Waals surface area (Å²) in [7, 11) is 9.89. The molecule has 3 saturated heterocycles. The molecular weight excluding hydrogens is 1280 g/mol. The minimum absolute atomic E-state index is 0.00827. The highest BCUT2D eigenvalue weighted by molar-refractivity contribution is 6.21. The monoisotopic (exact) mass is 1390 g/mol. The van der Waals surface area contributed by atoms with E-state index in [0.717, 1.165) is 35.5 Å². The molecule has 550 valence electrons. The van der Waals surface area contributed by atoms with Crippen LogP contribution < -0.4 is 21.3 Å². The minimum atomic E-state index is -4.51. The van der Waals surface area contributed by atoms with Gasteiger partial charge in [-0.3, -0.25) is 57.5 Å².